The highest BCUT2D eigenvalue weighted by Gasteiger charge is 2.26. The van der Waals surface area contributed by atoms with Crippen molar-refractivity contribution in [1.29, 1.82) is 0 Å². The highest BCUT2D eigenvalue weighted by molar-refractivity contribution is 5.76. The second kappa shape index (κ2) is 5.83. The van der Waals surface area contributed by atoms with Gasteiger partial charge in [-0.15, -0.1) is 6.58 Å². The predicted molar refractivity (Wildman–Crippen MR) is 89.4 cm³/mol. The molecule has 0 saturated carbocycles. The van der Waals surface area contributed by atoms with E-state index in [0.717, 1.165) is 22.9 Å². The van der Waals surface area contributed by atoms with Crippen LogP contribution in [-0.2, 0) is 13.1 Å². The van der Waals surface area contributed by atoms with E-state index in [0.29, 0.717) is 25.2 Å². The molecule has 0 fully saturated rings. The van der Waals surface area contributed by atoms with Crippen LogP contribution in [0.4, 0.5) is 8.78 Å². The SMILES string of the molecule is C=C[C@@H]1CN(Cc2ccc(F)cc2F)Cc2nc3ccccc3n21. The van der Waals surface area contributed by atoms with Crippen molar-refractivity contribution in [3.63, 3.8) is 0 Å². The third kappa shape index (κ3) is 2.51. The molecule has 1 aromatic heterocycles. The number of hydrogen-bond donors (Lipinski definition) is 0. The first-order chi connectivity index (χ1) is 11.7. The summed E-state index contributed by atoms with van der Waals surface area (Å²) in [6.45, 7) is 5.69. The van der Waals surface area contributed by atoms with Crippen LogP contribution in [0.5, 0.6) is 0 Å². The van der Waals surface area contributed by atoms with E-state index in [-0.39, 0.29) is 6.04 Å². The Labute approximate surface area is 138 Å². The largest absolute Gasteiger partial charge is 0.319 e. The molecule has 0 saturated heterocycles. The average molecular weight is 325 g/mol. The molecule has 1 aliphatic heterocycles. The van der Waals surface area contributed by atoms with Crippen LogP contribution in [0.25, 0.3) is 11.0 Å². The molecule has 0 bridgehead atoms. The molecule has 3 aromatic rings. The van der Waals surface area contributed by atoms with Gasteiger partial charge in [0, 0.05) is 24.7 Å². The Morgan fingerprint density at radius 3 is 2.83 bits per heavy atom. The molecule has 0 radical (unpaired) electrons. The summed E-state index contributed by atoms with van der Waals surface area (Å²) in [4.78, 5) is 6.81. The van der Waals surface area contributed by atoms with Crippen LogP contribution in [0.1, 0.15) is 17.4 Å². The summed E-state index contributed by atoms with van der Waals surface area (Å²) in [5.41, 5.74) is 2.53. The van der Waals surface area contributed by atoms with E-state index in [9.17, 15) is 8.78 Å². The van der Waals surface area contributed by atoms with Crippen LogP contribution in [0.2, 0.25) is 0 Å². The Hall–Kier alpha value is -2.53. The molecular formula is C19H17F2N3. The lowest BCUT2D eigenvalue weighted by atomic mass is 10.1. The highest BCUT2D eigenvalue weighted by Crippen LogP contribution is 2.29. The van der Waals surface area contributed by atoms with Crippen LogP contribution in [0.15, 0.2) is 55.1 Å². The van der Waals surface area contributed by atoms with Gasteiger partial charge in [0.2, 0.25) is 0 Å². The van der Waals surface area contributed by atoms with Crippen LogP contribution in [0, 0.1) is 11.6 Å². The predicted octanol–water partition coefficient (Wildman–Crippen LogP) is 4.06. The van der Waals surface area contributed by atoms with Crippen molar-refractivity contribution in [3.8, 4) is 0 Å². The van der Waals surface area contributed by atoms with Crippen LogP contribution in [0.3, 0.4) is 0 Å². The number of fused-ring (bicyclic) bond motifs is 3. The van der Waals surface area contributed by atoms with E-state index in [1.165, 1.54) is 12.1 Å². The van der Waals surface area contributed by atoms with Gasteiger partial charge in [-0.05, 0) is 18.2 Å². The van der Waals surface area contributed by atoms with Crippen LogP contribution in [-0.4, -0.2) is 21.0 Å². The second-order valence-corrected chi connectivity index (χ2v) is 6.10. The van der Waals surface area contributed by atoms with Gasteiger partial charge in [0.1, 0.15) is 17.5 Å². The Bertz CT molecular complexity index is 916. The maximum Gasteiger partial charge on any atom is 0.130 e. The molecule has 0 aliphatic carbocycles. The molecule has 2 heterocycles. The number of para-hydroxylation sites is 2. The Kier molecular flexibility index (Phi) is 3.65. The molecule has 0 N–H and O–H groups in total. The molecule has 24 heavy (non-hydrogen) atoms. The lowest BCUT2D eigenvalue weighted by molar-refractivity contribution is 0.192. The van der Waals surface area contributed by atoms with E-state index in [2.05, 4.69) is 22.1 Å². The number of rotatable bonds is 3. The zero-order valence-electron chi connectivity index (χ0n) is 13.1. The number of hydrogen-bond acceptors (Lipinski definition) is 2. The molecule has 1 atom stereocenters. The number of nitrogens with zero attached hydrogens (tertiary/aromatic N) is 3. The fourth-order valence-corrected chi connectivity index (χ4v) is 3.38. The van der Waals surface area contributed by atoms with Gasteiger partial charge in [-0.1, -0.05) is 24.3 Å². The van der Waals surface area contributed by atoms with Crippen molar-refractivity contribution >= 4 is 11.0 Å². The zero-order valence-corrected chi connectivity index (χ0v) is 13.1. The zero-order chi connectivity index (χ0) is 16.7. The van der Waals surface area contributed by atoms with E-state index >= 15 is 0 Å². The van der Waals surface area contributed by atoms with Gasteiger partial charge in [-0.3, -0.25) is 4.90 Å². The number of benzene rings is 2. The molecule has 1 aliphatic rings. The molecular weight excluding hydrogens is 308 g/mol. The topological polar surface area (TPSA) is 21.1 Å². The molecule has 0 spiro atoms. The van der Waals surface area contributed by atoms with Gasteiger partial charge in [0.05, 0.1) is 23.6 Å². The maximum atomic E-state index is 13.9. The summed E-state index contributed by atoms with van der Waals surface area (Å²) < 4.78 is 29.2. The molecule has 122 valence electrons. The Balaban J connectivity index is 1.67. The van der Waals surface area contributed by atoms with Gasteiger partial charge in [-0.25, -0.2) is 13.8 Å². The van der Waals surface area contributed by atoms with Gasteiger partial charge < -0.3 is 4.57 Å². The minimum absolute atomic E-state index is 0.0738. The molecule has 0 amide bonds. The summed E-state index contributed by atoms with van der Waals surface area (Å²) in [5.74, 6) is -0.125. The number of aromatic nitrogens is 2. The molecule has 2 aromatic carbocycles. The van der Waals surface area contributed by atoms with Crippen molar-refractivity contribution in [2.75, 3.05) is 6.54 Å². The summed E-state index contributed by atoms with van der Waals surface area (Å²) in [6.07, 6.45) is 1.89. The fraction of sp³-hybridized carbons (Fsp3) is 0.211. The normalized spacial score (nSPS) is 17.8. The van der Waals surface area contributed by atoms with Crippen molar-refractivity contribution in [2.24, 2.45) is 0 Å². The van der Waals surface area contributed by atoms with E-state index in [1.807, 2.05) is 24.3 Å². The van der Waals surface area contributed by atoms with Crippen molar-refractivity contribution < 1.29 is 8.78 Å². The average Bonchev–Trinajstić information content (AvgIpc) is 2.95. The smallest absolute Gasteiger partial charge is 0.130 e. The number of halogens is 2. The molecule has 0 unspecified atom stereocenters. The monoisotopic (exact) mass is 325 g/mol. The van der Waals surface area contributed by atoms with Crippen LogP contribution < -0.4 is 0 Å². The lowest BCUT2D eigenvalue weighted by Crippen LogP contribution is -2.36. The maximum absolute atomic E-state index is 13.9. The molecule has 5 heteroatoms. The van der Waals surface area contributed by atoms with Crippen molar-refractivity contribution in [1.82, 2.24) is 14.5 Å². The lowest BCUT2D eigenvalue weighted by Gasteiger charge is -2.33. The standard InChI is InChI=1S/C19H17F2N3/c1-2-15-11-23(10-13-7-8-14(20)9-16(13)21)12-19-22-17-5-3-4-6-18(17)24(15)19/h2-9,15H,1,10-12H2/t15-/m1/s1. The summed E-state index contributed by atoms with van der Waals surface area (Å²) >= 11 is 0. The van der Waals surface area contributed by atoms with Gasteiger partial charge in [0.25, 0.3) is 0 Å². The van der Waals surface area contributed by atoms with Crippen molar-refractivity contribution in [2.45, 2.75) is 19.1 Å². The summed E-state index contributed by atoms with van der Waals surface area (Å²) in [7, 11) is 0. The minimum atomic E-state index is -0.555. The van der Waals surface area contributed by atoms with Gasteiger partial charge in [0.15, 0.2) is 0 Å². The first-order valence-corrected chi connectivity index (χ1v) is 7.90. The van der Waals surface area contributed by atoms with Gasteiger partial charge in [-0.2, -0.15) is 0 Å². The second-order valence-electron chi connectivity index (χ2n) is 6.10. The minimum Gasteiger partial charge on any atom is -0.319 e. The number of imidazole rings is 1. The Morgan fingerprint density at radius 1 is 1.21 bits per heavy atom. The van der Waals surface area contributed by atoms with Crippen molar-refractivity contribution in [3.05, 3.63) is 78.1 Å². The molecule has 3 nitrogen and oxygen atoms in total. The summed E-state index contributed by atoms with van der Waals surface area (Å²) in [5, 5.41) is 0. The summed E-state index contributed by atoms with van der Waals surface area (Å²) in [6, 6.07) is 11.8. The first-order valence-electron chi connectivity index (χ1n) is 7.90. The van der Waals surface area contributed by atoms with E-state index < -0.39 is 11.6 Å². The van der Waals surface area contributed by atoms with Crippen LogP contribution >= 0.6 is 0 Å². The first kappa shape index (κ1) is 15.0. The quantitative estimate of drug-likeness (QED) is 0.677. The van der Waals surface area contributed by atoms with E-state index in [1.54, 1.807) is 0 Å². The van der Waals surface area contributed by atoms with E-state index in [4.69, 9.17) is 4.98 Å². The third-order valence-corrected chi connectivity index (χ3v) is 4.49. The highest BCUT2D eigenvalue weighted by atomic mass is 19.1. The van der Waals surface area contributed by atoms with Gasteiger partial charge >= 0.3 is 0 Å². The Morgan fingerprint density at radius 2 is 2.04 bits per heavy atom. The third-order valence-electron chi connectivity index (χ3n) is 4.49. The fourth-order valence-electron chi connectivity index (χ4n) is 3.38. The molecule has 4 rings (SSSR count).